The molecule has 1 amide bonds. The molecule has 2 N–H and O–H groups in total. The molecule has 0 spiro atoms. The summed E-state index contributed by atoms with van der Waals surface area (Å²) in [5, 5.41) is 9.20. The number of carbonyl (C=O) groups excluding carboxylic acids is 2. The highest BCUT2D eigenvalue weighted by Gasteiger charge is 2.15. The summed E-state index contributed by atoms with van der Waals surface area (Å²) in [7, 11) is 0. The Labute approximate surface area is 116 Å². The Bertz CT molecular complexity index is 657. The van der Waals surface area contributed by atoms with Crippen LogP contribution in [0.25, 0.3) is 6.08 Å². The lowest BCUT2D eigenvalue weighted by molar-refractivity contribution is -0.111. The minimum Gasteiger partial charge on any atom is -0.305 e. The molecule has 0 atom stereocenters. The zero-order chi connectivity index (χ0) is 14.5. The molecule has 5 nitrogen and oxygen atoms in total. The van der Waals surface area contributed by atoms with E-state index < -0.39 is 0 Å². The summed E-state index contributed by atoms with van der Waals surface area (Å²) >= 11 is 0. The Hall–Kier alpha value is -2.69. The molecule has 0 saturated carbocycles. The van der Waals surface area contributed by atoms with Crippen LogP contribution < -0.4 is 5.32 Å². The van der Waals surface area contributed by atoms with Gasteiger partial charge in [0.1, 0.15) is 0 Å². The molecule has 1 aromatic heterocycles. The van der Waals surface area contributed by atoms with E-state index in [1.54, 1.807) is 13.0 Å². The predicted octanol–water partition coefficient (Wildman–Crippen LogP) is 2.57. The number of aromatic nitrogens is 2. The van der Waals surface area contributed by atoms with Crippen LogP contribution in [0.4, 0.5) is 5.82 Å². The first-order chi connectivity index (χ1) is 9.58. The largest absolute Gasteiger partial charge is 0.305 e. The van der Waals surface area contributed by atoms with Crippen LogP contribution in [0.3, 0.4) is 0 Å². The lowest BCUT2D eigenvalue weighted by Gasteiger charge is -2.00. The zero-order valence-corrected chi connectivity index (χ0v) is 11.3. The number of aryl methyl sites for hydroxylation is 1. The maximum Gasteiger partial charge on any atom is 0.249 e. The normalized spacial score (nSPS) is 10.7. The number of amides is 1. The van der Waals surface area contributed by atoms with Crippen molar-refractivity contribution in [2.24, 2.45) is 0 Å². The molecule has 5 heteroatoms. The first-order valence-electron chi connectivity index (χ1n) is 6.18. The Morgan fingerprint density at radius 2 is 1.95 bits per heavy atom. The fourth-order valence-electron chi connectivity index (χ4n) is 1.84. The summed E-state index contributed by atoms with van der Waals surface area (Å²) in [6, 6.07) is 9.47. The predicted molar refractivity (Wildman–Crippen MR) is 77.4 cm³/mol. The smallest absolute Gasteiger partial charge is 0.249 e. The first kappa shape index (κ1) is 13.7. The first-order valence-corrected chi connectivity index (χ1v) is 6.18. The number of nitrogens with zero attached hydrogens (tertiary/aromatic N) is 1. The van der Waals surface area contributed by atoms with Gasteiger partial charge in [0.25, 0.3) is 0 Å². The van der Waals surface area contributed by atoms with Crippen LogP contribution in [0.15, 0.2) is 36.4 Å². The molecule has 1 aromatic carbocycles. The third-order valence-electron chi connectivity index (χ3n) is 2.77. The summed E-state index contributed by atoms with van der Waals surface area (Å²) in [4.78, 5) is 23.3. The standard InChI is InChI=1S/C15H15N3O2/c1-10-14(11(2)19)15(18-17-10)16-13(20)9-8-12-6-4-3-5-7-12/h3-9H,1-2H3,(H2,16,17,18,20). The van der Waals surface area contributed by atoms with E-state index >= 15 is 0 Å². The number of hydrogen-bond acceptors (Lipinski definition) is 3. The van der Waals surface area contributed by atoms with Crippen molar-refractivity contribution in [3.8, 4) is 0 Å². The molecular formula is C15H15N3O2. The van der Waals surface area contributed by atoms with Crippen molar-refractivity contribution < 1.29 is 9.59 Å². The molecule has 0 radical (unpaired) electrons. The quantitative estimate of drug-likeness (QED) is 0.661. The van der Waals surface area contributed by atoms with E-state index in [1.807, 2.05) is 30.3 Å². The molecule has 20 heavy (non-hydrogen) atoms. The summed E-state index contributed by atoms with van der Waals surface area (Å²) in [6.07, 6.45) is 3.10. The molecule has 1 heterocycles. The van der Waals surface area contributed by atoms with Gasteiger partial charge in [-0.3, -0.25) is 14.7 Å². The Balaban J connectivity index is 2.09. The van der Waals surface area contributed by atoms with Crippen LogP contribution >= 0.6 is 0 Å². The zero-order valence-electron chi connectivity index (χ0n) is 11.3. The number of Topliss-reactive ketones (excluding diaryl/α,β-unsaturated/α-hetero) is 1. The molecule has 0 aliphatic rings. The monoisotopic (exact) mass is 269 g/mol. The molecule has 0 saturated heterocycles. The van der Waals surface area contributed by atoms with Gasteiger partial charge in [0.05, 0.1) is 5.56 Å². The second-order valence-electron chi connectivity index (χ2n) is 4.36. The highest BCUT2D eigenvalue weighted by atomic mass is 16.1. The number of ketones is 1. The third kappa shape index (κ3) is 3.20. The number of rotatable bonds is 4. The third-order valence-corrected chi connectivity index (χ3v) is 2.77. The van der Waals surface area contributed by atoms with Crippen LogP contribution in [-0.4, -0.2) is 21.9 Å². The van der Waals surface area contributed by atoms with Crippen LogP contribution in [0.1, 0.15) is 28.5 Å². The van der Waals surface area contributed by atoms with Gasteiger partial charge in [-0.05, 0) is 25.5 Å². The molecular weight excluding hydrogens is 254 g/mol. The number of benzene rings is 1. The van der Waals surface area contributed by atoms with E-state index in [1.165, 1.54) is 13.0 Å². The average Bonchev–Trinajstić information content (AvgIpc) is 2.78. The van der Waals surface area contributed by atoms with Gasteiger partial charge in [-0.2, -0.15) is 5.10 Å². The van der Waals surface area contributed by atoms with Gasteiger partial charge in [0, 0.05) is 11.8 Å². The molecule has 0 aliphatic heterocycles. The molecule has 0 aliphatic carbocycles. The molecule has 102 valence electrons. The van der Waals surface area contributed by atoms with Crippen molar-refractivity contribution >= 4 is 23.6 Å². The summed E-state index contributed by atoms with van der Waals surface area (Å²) < 4.78 is 0. The van der Waals surface area contributed by atoms with Gasteiger partial charge >= 0.3 is 0 Å². The summed E-state index contributed by atoms with van der Waals surface area (Å²) in [5.41, 5.74) is 1.97. The van der Waals surface area contributed by atoms with Gasteiger partial charge in [-0.15, -0.1) is 0 Å². The average molecular weight is 269 g/mol. The highest BCUT2D eigenvalue weighted by Crippen LogP contribution is 2.16. The van der Waals surface area contributed by atoms with Crippen molar-refractivity contribution in [2.75, 3.05) is 5.32 Å². The van der Waals surface area contributed by atoms with E-state index in [9.17, 15) is 9.59 Å². The van der Waals surface area contributed by atoms with Crippen molar-refractivity contribution in [1.82, 2.24) is 10.2 Å². The van der Waals surface area contributed by atoms with Gasteiger partial charge < -0.3 is 5.32 Å². The fraction of sp³-hybridized carbons (Fsp3) is 0.133. The summed E-state index contributed by atoms with van der Waals surface area (Å²) in [5.74, 6) is -0.209. The maximum absolute atomic E-state index is 11.8. The van der Waals surface area contributed by atoms with Crippen LogP contribution in [0.2, 0.25) is 0 Å². The van der Waals surface area contributed by atoms with Crippen molar-refractivity contribution in [2.45, 2.75) is 13.8 Å². The van der Waals surface area contributed by atoms with Gasteiger partial charge in [0.15, 0.2) is 11.6 Å². The molecule has 0 fully saturated rings. The SMILES string of the molecule is CC(=O)c1c(NC(=O)C=Cc2ccccc2)n[nH]c1C. The number of nitrogens with one attached hydrogen (secondary N) is 2. The Morgan fingerprint density at radius 3 is 2.60 bits per heavy atom. The maximum atomic E-state index is 11.8. The molecule has 2 rings (SSSR count). The van der Waals surface area contributed by atoms with E-state index in [-0.39, 0.29) is 17.5 Å². The van der Waals surface area contributed by atoms with Crippen LogP contribution in [0.5, 0.6) is 0 Å². The second kappa shape index (κ2) is 5.97. The van der Waals surface area contributed by atoms with E-state index in [0.717, 1.165) is 5.56 Å². The summed E-state index contributed by atoms with van der Waals surface area (Å²) in [6.45, 7) is 3.17. The Kier molecular flexibility index (Phi) is 4.10. The van der Waals surface area contributed by atoms with Crippen molar-refractivity contribution in [1.29, 1.82) is 0 Å². The van der Waals surface area contributed by atoms with E-state index in [2.05, 4.69) is 15.5 Å². The Morgan fingerprint density at radius 1 is 1.25 bits per heavy atom. The number of hydrogen-bond donors (Lipinski definition) is 2. The van der Waals surface area contributed by atoms with E-state index in [0.29, 0.717) is 11.3 Å². The fourth-order valence-corrected chi connectivity index (χ4v) is 1.84. The van der Waals surface area contributed by atoms with Crippen LogP contribution in [-0.2, 0) is 4.79 Å². The van der Waals surface area contributed by atoms with Gasteiger partial charge in [0.2, 0.25) is 5.91 Å². The molecule has 0 unspecified atom stereocenters. The van der Waals surface area contributed by atoms with Crippen LogP contribution in [0, 0.1) is 6.92 Å². The number of H-pyrrole nitrogens is 1. The van der Waals surface area contributed by atoms with E-state index in [4.69, 9.17) is 0 Å². The number of aromatic amines is 1. The minimum atomic E-state index is -0.331. The van der Waals surface area contributed by atoms with Crippen molar-refractivity contribution in [3.05, 3.63) is 53.2 Å². The second-order valence-corrected chi connectivity index (χ2v) is 4.36. The van der Waals surface area contributed by atoms with Crippen molar-refractivity contribution in [3.63, 3.8) is 0 Å². The molecule has 2 aromatic rings. The lowest BCUT2D eigenvalue weighted by Crippen LogP contribution is -2.11. The minimum absolute atomic E-state index is 0.140. The molecule has 0 bridgehead atoms. The topological polar surface area (TPSA) is 74.8 Å². The lowest BCUT2D eigenvalue weighted by atomic mass is 10.1. The number of carbonyl (C=O) groups is 2. The van der Waals surface area contributed by atoms with Gasteiger partial charge in [-0.25, -0.2) is 0 Å². The number of anilines is 1. The highest BCUT2D eigenvalue weighted by molar-refractivity contribution is 6.07. The van der Waals surface area contributed by atoms with Gasteiger partial charge in [-0.1, -0.05) is 30.3 Å².